The van der Waals surface area contributed by atoms with Gasteiger partial charge in [0.25, 0.3) is 5.56 Å². The smallest absolute Gasteiger partial charge is 0.297 e. The van der Waals surface area contributed by atoms with E-state index in [0.717, 1.165) is 37.6 Å². The SMILES string of the molecule is CC[C@@H]1CCCCN1C(=O)Cn1cnc2c(oc3ccccc32)c1=O. The molecule has 1 aliphatic rings. The predicted octanol–water partition coefficient (Wildman–Crippen LogP) is 2.93. The topological polar surface area (TPSA) is 68.3 Å². The van der Waals surface area contributed by atoms with E-state index in [2.05, 4.69) is 11.9 Å². The lowest BCUT2D eigenvalue weighted by Crippen LogP contribution is -2.45. The minimum absolute atomic E-state index is 0.00924. The third-order valence-electron chi connectivity index (χ3n) is 5.07. The van der Waals surface area contributed by atoms with Crippen molar-refractivity contribution in [3.63, 3.8) is 0 Å². The highest BCUT2D eigenvalue weighted by atomic mass is 16.3. The van der Waals surface area contributed by atoms with Crippen LogP contribution in [-0.4, -0.2) is 32.9 Å². The minimum atomic E-state index is -0.306. The van der Waals surface area contributed by atoms with Gasteiger partial charge >= 0.3 is 0 Å². The maximum atomic E-state index is 12.7. The molecule has 3 heterocycles. The Hall–Kier alpha value is -2.63. The Morgan fingerprint density at radius 1 is 1.32 bits per heavy atom. The Labute approximate surface area is 145 Å². The molecule has 0 radical (unpaired) electrons. The number of hydrogen-bond acceptors (Lipinski definition) is 4. The van der Waals surface area contributed by atoms with Gasteiger partial charge in [-0.25, -0.2) is 4.98 Å². The number of fused-ring (bicyclic) bond motifs is 3. The summed E-state index contributed by atoms with van der Waals surface area (Å²) in [5.74, 6) is -0.0223. The molecule has 0 N–H and O–H groups in total. The molecule has 25 heavy (non-hydrogen) atoms. The van der Waals surface area contributed by atoms with Crippen LogP contribution >= 0.6 is 0 Å². The van der Waals surface area contributed by atoms with Crippen molar-refractivity contribution in [2.75, 3.05) is 6.54 Å². The molecule has 130 valence electrons. The fourth-order valence-electron chi connectivity index (χ4n) is 3.72. The molecule has 0 unspecified atom stereocenters. The molecule has 4 rings (SSSR count). The van der Waals surface area contributed by atoms with Crippen molar-refractivity contribution in [2.24, 2.45) is 0 Å². The molecule has 1 fully saturated rings. The highest BCUT2D eigenvalue weighted by molar-refractivity contribution is 6.01. The van der Waals surface area contributed by atoms with Gasteiger partial charge in [-0.1, -0.05) is 19.1 Å². The van der Waals surface area contributed by atoms with E-state index in [1.807, 2.05) is 29.2 Å². The molecule has 0 aliphatic carbocycles. The summed E-state index contributed by atoms with van der Waals surface area (Å²) in [6.07, 6.45) is 5.63. The maximum Gasteiger partial charge on any atom is 0.297 e. The van der Waals surface area contributed by atoms with E-state index in [1.165, 1.54) is 10.9 Å². The number of benzene rings is 1. The van der Waals surface area contributed by atoms with Gasteiger partial charge in [-0.2, -0.15) is 0 Å². The Balaban J connectivity index is 1.67. The second-order valence-corrected chi connectivity index (χ2v) is 6.60. The zero-order valence-electron chi connectivity index (χ0n) is 14.3. The molecule has 6 heteroatoms. The van der Waals surface area contributed by atoms with Crippen LogP contribution in [0.5, 0.6) is 0 Å². The quantitative estimate of drug-likeness (QED) is 0.736. The fourth-order valence-corrected chi connectivity index (χ4v) is 3.72. The number of nitrogens with zero attached hydrogens (tertiary/aromatic N) is 3. The van der Waals surface area contributed by atoms with Gasteiger partial charge < -0.3 is 9.32 Å². The number of piperidine rings is 1. The van der Waals surface area contributed by atoms with Crippen LogP contribution in [0.25, 0.3) is 22.1 Å². The average Bonchev–Trinajstić information content (AvgIpc) is 3.03. The van der Waals surface area contributed by atoms with E-state index < -0.39 is 0 Å². The van der Waals surface area contributed by atoms with Gasteiger partial charge in [-0.15, -0.1) is 0 Å². The van der Waals surface area contributed by atoms with Crippen LogP contribution in [0.2, 0.25) is 0 Å². The number of hydrogen-bond donors (Lipinski definition) is 0. The Bertz CT molecular complexity index is 988. The van der Waals surface area contributed by atoms with Gasteiger partial charge in [-0.05, 0) is 37.8 Å². The number of likely N-dealkylation sites (tertiary alicyclic amines) is 1. The third kappa shape index (κ3) is 2.71. The van der Waals surface area contributed by atoms with E-state index in [4.69, 9.17) is 4.42 Å². The predicted molar refractivity (Wildman–Crippen MR) is 95.4 cm³/mol. The molecule has 1 amide bonds. The Morgan fingerprint density at radius 2 is 2.16 bits per heavy atom. The number of para-hydroxylation sites is 1. The number of furan rings is 1. The molecular weight excluding hydrogens is 318 g/mol. The monoisotopic (exact) mass is 339 g/mol. The summed E-state index contributed by atoms with van der Waals surface area (Å²) in [6.45, 7) is 2.88. The first-order valence-electron chi connectivity index (χ1n) is 8.85. The summed E-state index contributed by atoms with van der Waals surface area (Å²) in [7, 11) is 0. The largest absolute Gasteiger partial charge is 0.448 e. The van der Waals surface area contributed by atoms with Crippen molar-refractivity contribution in [1.82, 2.24) is 14.5 Å². The number of carbonyl (C=O) groups is 1. The van der Waals surface area contributed by atoms with Gasteiger partial charge in [0.2, 0.25) is 11.5 Å². The molecule has 0 bridgehead atoms. The van der Waals surface area contributed by atoms with Crippen LogP contribution in [0.15, 0.2) is 39.8 Å². The maximum absolute atomic E-state index is 12.7. The highest BCUT2D eigenvalue weighted by Gasteiger charge is 2.26. The minimum Gasteiger partial charge on any atom is -0.448 e. The summed E-state index contributed by atoms with van der Waals surface area (Å²) in [5, 5.41) is 0.815. The van der Waals surface area contributed by atoms with Crippen LogP contribution in [0, 0.1) is 0 Å². The summed E-state index contributed by atoms with van der Waals surface area (Å²) in [4.78, 5) is 31.7. The third-order valence-corrected chi connectivity index (χ3v) is 5.07. The Morgan fingerprint density at radius 3 is 3.00 bits per heavy atom. The van der Waals surface area contributed by atoms with Crippen LogP contribution < -0.4 is 5.56 Å². The second kappa shape index (κ2) is 6.35. The van der Waals surface area contributed by atoms with Gasteiger partial charge in [-0.3, -0.25) is 14.2 Å². The molecule has 0 saturated carbocycles. The van der Waals surface area contributed by atoms with Crippen molar-refractivity contribution < 1.29 is 9.21 Å². The van der Waals surface area contributed by atoms with E-state index in [-0.39, 0.29) is 29.6 Å². The number of aromatic nitrogens is 2. The van der Waals surface area contributed by atoms with Crippen molar-refractivity contribution >= 4 is 28.0 Å². The lowest BCUT2D eigenvalue weighted by Gasteiger charge is -2.35. The first kappa shape index (κ1) is 15.9. The molecule has 1 saturated heterocycles. The normalized spacial score (nSPS) is 18.1. The zero-order valence-corrected chi connectivity index (χ0v) is 14.3. The summed E-state index contributed by atoms with van der Waals surface area (Å²) in [5.41, 5.74) is 1.09. The molecule has 3 aromatic rings. The molecule has 1 atom stereocenters. The van der Waals surface area contributed by atoms with E-state index in [0.29, 0.717) is 11.1 Å². The van der Waals surface area contributed by atoms with Gasteiger partial charge in [0.05, 0.1) is 6.33 Å². The molecule has 1 aromatic carbocycles. The van der Waals surface area contributed by atoms with Gasteiger partial charge in [0, 0.05) is 18.0 Å². The summed E-state index contributed by atoms with van der Waals surface area (Å²) >= 11 is 0. The standard InChI is InChI=1S/C19H21N3O3/c1-2-13-7-5-6-10-22(13)16(23)11-21-12-20-17-14-8-3-4-9-15(14)25-18(17)19(21)24/h3-4,8-9,12-13H,2,5-7,10-11H2,1H3/t13-/m1/s1. The molecular formula is C19H21N3O3. The zero-order chi connectivity index (χ0) is 17.4. The Kier molecular flexibility index (Phi) is 4.03. The van der Waals surface area contributed by atoms with Crippen molar-refractivity contribution in [1.29, 1.82) is 0 Å². The highest BCUT2D eigenvalue weighted by Crippen LogP contribution is 2.24. The number of rotatable bonds is 3. The lowest BCUT2D eigenvalue weighted by atomic mass is 10.00. The molecule has 1 aliphatic heterocycles. The van der Waals surface area contributed by atoms with Gasteiger partial charge in [0.1, 0.15) is 17.6 Å². The van der Waals surface area contributed by atoms with Crippen LogP contribution in [0.3, 0.4) is 0 Å². The number of amides is 1. The van der Waals surface area contributed by atoms with Crippen molar-refractivity contribution in [3.8, 4) is 0 Å². The van der Waals surface area contributed by atoms with Crippen molar-refractivity contribution in [2.45, 2.75) is 45.2 Å². The molecule has 2 aromatic heterocycles. The van der Waals surface area contributed by atoms with Crippen LogP contribution in [0.4, 0.5) is 0 Å². The summed E-state index contributed by atoms with van der Waals surface area (Å²) in [6, 6.07) is 7.71. The lowest BCUT2D eigenvalue weighted by molar-refractivity contribution is -0.135. The van der Waals surface area contributed by atoms with Crippen LogP contribution in [0.1, 0.15) is 32.6 Å². The summed E-state index contributed by atoms with van der Waals surface area (Å²) < 4.78 is 7.03. The number of carbonyl (C=O) groups excluding carboxylic acids is 1. The van der Waals surface area contributed by atoms with Gasteiger partial charge in [0.15, 0.2) is 0 Å². The average molecular weight is 339 g/mol. The molecule has 0 spiro atoms. The first-order valence-corrected chi connectivity index (χ1v) is 8.85. The van der Waals surface area contributed by atoms with E-state index in [9.17, 15) is 9.59 Å². The second-order valence-electron chi connectivity index (χ2n) is 6.60. The van der Waals surface area contributed by atoms with Crippen molar-refractivity contribution in [3.05, 3.63) is 40.9 Å². The van der Waals surface area contributed by atoms with Crippen LogP contribution in [-0.2, 0) is 11.3 Å². The van der Waals surface area contributed by atoms with E-state index >= 15 is 0 Å². The first-order chi connectivity index (χ1) is 12.2. The fraction of sp³-hybridized carbons (Fsp3) is 0.421. The van der Waals surface area contributed by atoms with E-state index in [1.54, 1.807) is 0 Å². The molecule has 6 nitrogen and oxygen atoms in total.